The summed E-state index contributed by atoms with van der Waals surface area (Å²) in [7, 11) is 0. The zero-order valence-electron chi connectivity index (χ0n) is 11.0. The van der Waals surface area contributed by atoms with Crippen LogP contribution < -0.4 is 0 Å². The summed E-state index contributed by atoms with van der Waals surface area (Å²) in [4.78, 5) is 20.7. The molecule has 1 radical (unpaired) electrons. The maximum Gasteiger partial charge on any atom is 0.158 e. The summed E-state index contributed by atoms with van der Waals surface area (Å²) in [6.07, 6.45) is 0. The number of ketones is 2. The van der Waals surface area contributed by atoms with E-state index in [0.29, 0.717) is 11.1 Å². The van der Waals surface area contributed by atoms with Gasteiger partial charge in [0.05, 0.1) is 11.5 Å². The van der Waals surface area contributed by atoms with Crippen molar-refractivity contribution in [1.29, 1.82) is 0 Å². The van der Waals surface area contributed by atoms with E-state index in [0.717, 1.165) is 0 Å². The van der Waals surface area contributed by atoms with E-state index in [1.54, 1.807) is 13.8 Å². The Labute approximate surface area is 113 Å². The monoisotopic (exact) mass is 291 g/mol. The van der Waals surface area contributed by atoms with Gasteiger partial charge in [-0.2, -0.15) is 0 Å². The van der Waals surface area contributed by atoms with Gasteiger partial charge in [-0.3, -0.25) is 9.59 Å². The van der Waals surface area contributed by atoms with Crippen LogP contribution in [0.15, 0.2) is 22.7 Å². The third-order valence-electron chi connectivity index (χ3n) is 2.14. The van der Waals surface area contributed by atoms with Gasteiger partial charge in [0.15, 0.2) is 11.6 Å². The average molecular weight is 292 g/mol. The summed E-state index contributed by atoms with van der Waals surface area (Å²) in [5.41, 5.74) is 0.870. The standard InChI is InChI=1S/2C6H10O2.Cu/c2*1-4(5(2)7)6(3)8;/h2*7H,1-3H3;. The molecule has 2 N–H and O–H groups in total. The second-order valence-corrected chi connectivity index (χ2v) is 3.53. The number of allylic oxidation sites excluding steroid dienone is 4. The number of hydrogen-bond acceptors (Lipinski definition) is 4. The SMILES string of the molecule is CC(=O)C(C)=C(C)O.CC(=O)C(C)=C(C)O.[Cu]. The van der Waals surface area contributed by atoms with Crippen molar-refractivity contribution in [2.75, 3.05) is 0 Å². The summed E-state index contributed by atoms with van der Waals surface area (Å²) in [6, 6.07) is 0. The van der Waals surface area contributed by atoms with Crippen molar-refractivity contribution in [2.24, 2.45) is 0 Å². The van der Waals surface area contributed by atoms with Gasteiger partial charge in [0.1, 0.15) is 0 Å². The molecule has 4 nitrogen and oxygen atoms in total. The van der Waals surface area contributed by atoms with E-state index in [1.165, 1.54) is 27.7 Å². The average Bonchev–Trinajstić information content (AvgIpc) is 2.15. The van der Waals surface area contributed by atoms with Crippen LogP contribution in [0.4, 0.5) is 0 Å². The fourth-order valence-corrected chi connectivity index (χ4v) is 0.510. The first-order chi connectivity index (χ1) is 7.11. The quantitative estimate of drug-likeness (QED) is 0.466. The molecule has 0 unspecified atom stereocenters. The molecule has 0 atom stereocenters. The second kappa shape index (κ2) is 10.1. The van der Waals surface area contributed by atoms with Gasteiger partial charge >= 0.3 is 0 Å². The fraction of sp³-hybridized carbons (Fsp3) is 0.500. The van der Waals surface area contributed by atoms with Crippen molar-refractivity contribution in [3.8, 4) is 0 Å². The largest absolute Gasteiger partial charge is 0.512 e. The minimum absolute atomic E-state index is 0. The Morgan fingerprint density at radius 2 is 0.824 bits per heavy atom. The summed E-state index contributed by atoms with van der Waals surface area (Å²) in [5, 5.41) is 17.3. The van der Waals surface area contributed by atoms with Gasteiger partial charge in [-0.25, -0.2) is 0 Å². The molecular formula is C12H20CuO4. The summed E-state index contributed by atoms with van der Waals surface area (Å²) in [5.74, 6) is 0.0602. The van der Waals surface area contributed by atoms with Gasteiger partial charge in [0.25, 0.3) is 0 Å². The Balaban J connectivity index is -0.000000218. The molecule has 0 aliphatic rings. The molecular weight excluding hydrogens is 272 g/mol. The minimum atomic E-state index is -0.0787. The van der Waals surface area contributed by atoms with E-state index in [1.807, 2.05) is 0 Å². The predicted molar refractivity (Wildman–Crippen MR) is 63.4 cm³/mol. The van der Waals surface area contributed by atoms with Gasteiger partial charge in [-0.15, -0.1) is 0 Å². The van der Waals surface area contributed by atoms with Crippen LogP contribution in [0, 0.1) is 0 Å². The molecule has 0 aromatic rings. The molecule has 0 rings (SSSR count). The molecule has 0 saturated carbocycles. The number of carbonyl (C=O) groups is 2. The molecule has 0 aromatic heterocycles. The topological polar surface area (TPSA) is 74.6 Å². The van der Waals surface area contributed by atoms with E-state index in [4.69, 9.17) is 10.2 Å². The summed E-state index contributed by atoms with van der Waals surface area (Å²) < 4.78 is 0. The zero-order valence-corrected chi connectivity index (χ0v) is 12.0. The zero-order chi connectivity index (χ0) is 13.5. The van der Waals surface area contributed by atoms with Gasteiger partial charge in [-0.05, 0) is 41.5 Å². The Morgan fingerprint density at radius 3 is 0.824 bits per heavy atom. The van der Waals surface area contributed by atoms with Crippen molar-refractivity contribution in [2.45, 2.75) is 41.5 Å². The van der Waals surface area contributed by atoms with Crippen LogP contribution >= 0.6 is 0 Å². The van der Waals surface area contributed by atoms with Crippen molar-refractivity contribution in [1.82, 2.24) is 0 Å². The van der Waals surface area contributed by atoms with E-state index >= 15 is 0 Å². The molecule has 0 aliphatic heterocycles. The molecule has 0 spiro atoms. The van der Waals surface area contributed by atoms with Crippen molar-refractivity contribution in [3.63, 3.8) is 0 Å². The molecule has 5 heteroatoms. The minimum Gasteiger partial charge on any atom is -0.512 e. The van der Waals surface area contributed by atoms with Crippen LogP contribution in [-0.2, 0) is 26.7 Å². The third kappa shape index (κ3) is 11.2. The molecule has 0 amide bonds. The fourth-order valence-electron chi connectivity index (χ4n) is 0.510. The van der Waals surface area contributed by atoms with E-state index in [9.17, 15) is 9.59 Å². The Morgan fingerprint density at radius 1 is 0.647 bits per heavy atom. The first-order valence-electron chi connectivity index (χ1n) is 4.86. The number of aliphatic hydroxyl groups excluding tert-OH is 2. The number of aliphatic hydroxyl groups is 2. The molecule has 0 saturated heterocycles. The van der Waals surface area contributed by atoms with Gasteiger partial charge in [0.2, 0.25) is 0 Å². The van der Waals surface area contributed by atoms with Gasteiger partial charge in [-0.1, -0.05) is 0 Å². The summed E-state index contributed by atoms with van der Waals surface area (Å²) in [6.45, 7) is 9.03. The maximum atomic E-state index is 10.4. The first-order valence-corrected chi connectivity index (χ1v) is 4.86. The molecule has 0 aliphatic carbocycles. The smallest absolute Gasteiger partial charge is 0.158 e. The number of rotatable bonds is 2. The number of hydrogen-bond donors (Lipinski definition) is 2. The van der Waals surface area contributed by atoms with Crippen molar-refractivity contribution >= 4 is 11.6 Å². The Bertz CT molecular complexity index is 298. The predicted octanol–water partition coefficient (Wildman–Crippen LogP) is 2.85. The first kappa shape index (κ1) is 21.2. The van der Waals surface area contributed by atoms with Crippen LogP contribution in [0.25, 0.3) is 0 Å². The second-order valence-electron chi connectivity index (χ2n) is 3.53. The van der Waals surface area contributed by atoms with E-state index < -0.39 is 0 Å². The van der Waals surface area contributed by atoms with Gasteiger partial charge in [0, 0.05) is 28.2 Å². The Kier molecular flexibility index (Phi) is 12.6. The van der Waals surface area contributed by atoms with Crippen LogP contribution in [0.5, 0.6) is 0 Å². The van der Waals surface area contributed by atoms with E-state index in [-0.39, 0.29) is 40.2 Å². The van der Waals surface area contributed by atoms with Crippen molar-refractivity contribution in [3.05, 3.63) is 22.7 Å². The molecule has 0 fully saturated rings. The Hall–Kier alpha value is -1.06. The van der Waals surface area contributed by atoms with Crippen LogP contribution in [0.3, 0.4) is 0 Å². The van der Waals surface area contributed by atoms with Crippen molar-refractivity contribution < 1.29 is 36.9 Å². The van der Waals surface area contributed by atoms with Crippen LogP contribution in [0.2, 0.25) is 0 Å². The van der Waals surface area contributed by atoms with Crippen LogP contribution in [0.1, 0.15) is 41.5 Å². The number of Topliss-reactive ketones (excluding diaryl/α,β-unsaturated/α-hetero) is 2. The third-order valence-corrected chi connectivity index (χ3v) is 2.14. The molecule has 17 heavy (non-hydrogen) atoms. The molecule has 103 valence electrons. The maximum absolute atomic E-state index is 10.4. The number of carbonyl (C=O) groups excluding carboxylic acids is 2. The summed E-state index contributed by atoms with van der Waals surface area (Å²) >= 11 is 0. The molecule has 0 heterocycles. The van der Waals surface area contributed by atoms with Gasteiger partial charge < -0.3 is 10.2 Å². The normalized spacial score (nSPS) is 12.1. The molecule has 0 bridgehead atoms. The van der Waals surface area contributed by atoms with Crippen LogP contribution in [-0.4, -0.2) is 21.8 Å². The van der Waals surface area contributed by atoms with E-state index in [2.05, 4.69) is 0 Å². The molecule has 0 aromatic carbocycles.